The van der Waals surface area contributed by atoms with Crippen molar-refractivity contribution in [1.82, 2.24) is 15.0 Å². The van der Waals surface area contributed by atoms with Crippen molar-refractivity contribution in [3.63, 3.8) is 0 Å². The summed E-state index contributed by atoms with van der Waals surface area (Å²) in [4.78, 5) is 14.8. The maximum Gasteiger partial charge on any atom is 0.488 e. The van der Waals surface area contributed by atoms with Gasteiger partial charge in [0.1, 0.15) is 0 Å². The van der Waals surface area contributed by atoms with Crippen LogP contribution in [-0.2, 0) is 0 Å². The number of benzene rings is 6. The third kappa shape index (κ3) is 5.45. The molecule has 7 aromatic rings. The summed E-state index contributed by atoms with van der Waals surface area (Å²) in [6, 6.07) is 48.2. The van der Waals surface area contributed by atoms with E-state index in [0.29, 0.717) is 22.9 Å². The Hall–Kier alpha value is -5.43. The topological polar surface area (TPSA) is 79.1 Å². The van der Waals surface area contributed by atoms with Gasteiger partial charge in [-0.1, -0.05) is 133 Å². The first kappa shape index (κ1) is 26.5. The van der Waals surface area contributed by atoms with Gasteiger partial charge in [-0.25, -0.2) is 15.0 Å². The molecule has 43 heavy (non-hydrogen) atoms. The van der Waals surface area contributed by atoms with Gasteiger partial charge in [-0.05, 0) is 50.6 Å². The van der Waals surface area contributed by atoms with E-state index in [4.69, 9.17) is 15.0 Å². The molecule has 0 amide bonds. The Morgan fingerprint density at radius 1 is 0.395 bits per heavy atom. The molecule has 5 nitrogen and oxygen atoms in total. The Morgan fingerprint density at radius 2 is 0.884 bits per heavy atom. The summed E-state index contributed by atoms with van der Waals surface area (Å²) in [6.45, 7) is 0. The SMILES string of the molecule is OB(O)c1cccc(-c2cccc(-c3nc(-c4ccccc4)nc(-c4cccc(-c5cccc6ccccc56)c4)n3)c2)c1. The Morgan fingerprint density at radius 3 is 1.60 bits per heavy atom. The molecule has 0 unspecified atom stereocenters. The molecule has 7 rings (SSSR count). The summed E-state index contributed by atoms with van der Waals surface area (Å²) in [6.07, 6.45) is 0. The van der Waals surface area contributed by atoms with Crippen molar-refractivity contribution in [2.24, 2.45) is 0 Å². The Labute approximate surface area is 250 Å². The lowest BCUT2D eigenvalue weighted by Gasteiger charge is -2.11. The van der Waals surface area contributed by atoms with Crippen LogP contribution in [0.15, 0.2) is 146 Å². The molecule has 2 N–H and O–H groups in total. The molecule has 0 saturated heterocycles. The molecule has 0 aliphatic carbocycles. The van der Waals surface area contributed by atoms with Crippen LogP contribution < -0.4 is 5.46 Å². The zero-order chi connectivity index (χ0) is 29.2. The molecular weight excluding hydrogens is 529 g/mol. The number of fused-ring (bicyclic) bond motifs is 1. The highest BCUT2D eigenvalue weighted by atomic mass is 16.4. The van der Waals surface area contributed by atoms with E-state index >= 15 is 0 Å². The average Bonchev–Trinajstić information content (AvgIpc) is 3.08. The molecule has 0 spiro atoms. The molecular formula is C37H26BN3O2. The van der Waals surface area contributed by atoms with Crippen molar-refractivity contribution in [3.05, 3.63) is 146 Å². The monoisotopic (exact) mass is 555 g/mol. The summed E-state index contributed by atoms with van der Waals surface area (Å²) in [5, 5.41) is 21.7. The number of hydrogen-bond donors (Lipinski definition) is 2. The van der Waals surface area contributed by atoms with E-state index < -0.39 is 7.12 Å². The van der Waals surface area contributed by atoms with Crippen molar-refractivity contribution in [2.45, 2.75) is 0 Å². The van der Waals surface area contributed by atoms with E-state index in [2.05, 4.69) is 54.6 Å². The second-order valence-electron chi connectivity index (χ2n) is 10.4. The minimum atomic E-state index is -1.53. The zero-order valence-electron chi connectivity index (χ0n) is 23.2. The predicted molar refractivity (Wildman–Crippen MR) is 174 cm³/mol. The predicted octanol–water partition coefficient (Wildman–Crippen LogP) is 7.04. The van der Waals surface area contributed by atoms with E-state index in [1.807, 2.05) is 78.9 Å². The minimum absolute atomic E-state index is 0.433. The van der Waals surface area contributed by atoms with Gasteiger partial charge in [0.15, 0.2) is 17.5 Å². The number of nitrogens with zero attached hydrogens (tertiary/aromatic N) is 3. The third-order valence-electron chi connectivity index (χ3n) is 7.53. The summed E-state index contributed by atoms with van der Waals surface area (Å²) in [7, 11) is -1.53. The lowest BCUT2D eigenvalue weighted by atomic mass is 9.79. The largest absolute Gasteiger partial charge is 0.488 e. The van der Waals surface area contributed by atoms with Crippen molar-refractivity contribution < 1.29 is 10.0 Å². The van der Waals surface area contributed by atoms with E-state index in [1.165, 1.54) is 10.8 Å². The summed E-state index contributed by atoms with van der Waals surface area (Å²) < 4.78 is 0. The molecule has 6 heteroatoms. The van der Waals surface area contributed by atoms with E-state index in [9.17, 15) is 10.0 Å². The van der Waals surface area contributed by atoms with Crippen molar-refractivity contribution in [3.8, 4) is 56.4 Å². The van der Waals surface area contributed by atoms with Gasteiger partial charge in [-0.2, -0.15) is 0 Å². The lowest BCUT2D eigenvalue weighted by Crippen LogP contribution is -2.29. The molecule has 0 aliphatic heterocycles. The molecule has 0 saturated carbocycles. The van der Waals surface area contributed by atoms with Crippen molar-refractivity contribution in [2.75, 3.05) is 0 Å². The van der Waals surface area contributed by atoms with Crippen LogP contribution in [0.25, 0.3) is 67.2 Å². The van der Waals surface area contributed by atoms with Crippen LogP contribution in [0.5, 0.6) is 0 Å². The molecule has 0 aliphatic rings. The van der Waals surface area contributed by atoms with Gasteiger partial charge in [0.05, 0.1) is 0 Å². The lowest BCUT2D eigenvalue weighted by molar-refractivity contribution is 0.426. The fraction of sp³-hybridized carbons (Fsp3) is 0. The summed E-state index contributed by atoms with van der Waals surface area (Å²) in [5.41, 5.74) is 7.09. The van der Waals surface area contributed by atoms with Crippen molar-refractivity contribution in [1.29, 1.82) is 0 Å². The van der Waals surface area contributed by atoms with Crippen LogP contribution in [0.3, 0.4) is 0 Å². The third-order valence-corrected chi connectivity index (χ3v) is 7.53. The van der Waals surface area contributed by atoms with Gasteiger partial charge < -0.3 is 10.0 Å². The first-order valence-corrected chi connectivity index (χ1v) is 14.1. The number of aromatic nitrogens is 3. The molecule has 1 heterocycles. The van der Waals surface area contributed by atoms with Crippen LogP contribution in [0, 0.1) is 0 Å². The second kappa shape index (κ2) is 11.5. The Bertz CT molecular complexity index is 2070. The van der Waals surface area contributed by atoms with Crippen LogP contribution in [-0.4, -0.2) is 32.1 Å². The van der Waals surface area contributed by atoms with Crippen molar-refractivity contribution >= 4 is 23.4 Å². The van der Waals surface area contributed by atoms with Crippen LogP contribution in [0.2, 0.25) is 0 Å². The van der Waals surface area contributed by atoms with Crippen LogP contribution in [0.4, 0.5) is 0 Å². The minimum Gasteiger partial charge on any atom is -0.423 e. The number of hydrogen-bond acceptors (Lipinski definition) is 5. The highest BCUT2D eigenvalue weighted by Gasteiger charge is 2.15. The highest BCUT2D eigenvalue weighted by molar-refractivity contribution is 6.58. The first-order valence-electron chi connectivity index (χ1n) is 14.1. The Kier molecular flexibility index (Phi) is 7.05. The smallest absolute Gasteiger partial charge is 0.423 e. The maximum atomic E-state index is 9.68. The van der Waals surface area contributed by atoms with E-state index in [1.54, 1.807) is 12.1 Å². The van der Waals surface area contributed by atoms with Gasteiger partial charge in [0.2, 0.25) is 0 Å². The van der Waals surface area contributed by atoms with E-state index in [-0.39, 0.29) is 0 Å². The van der Waals surface area contributed by atoms with E-state index in [0.717, 1.165) is 38.9 Å². The first-order chi connectivity index (χ1) is 21.1. The van der Waals surface area contributed by atoms with Gasteiger partial charge in [0.25, 0.3) is 0 Å². The van der Waals surface area contributed by atoms with Gasteiger partial charge >= 0.3 is 7.12 Å². The quantitative estimate of drug-likeness (QED) is 0.215. The molecule has 0 fully saturated rings. The summed E-state index contributed by atoms with van der Waals surface area (Å²) in [5.74, 6) is 1.73. The van der Waals surface area contributed by atoms with Gasteiger partial charge in [-0.3, -0.25) is 0 Å². The highest BCUT2D eigenvalue weighted by Crippen LogP contribution is 2.32. The number of rotatable bonds is 6. The van der Waals surface area contributed by atoms with Gasteiger partial charge in [0, 0.05) is 16.7 Å². The fourth-order valence-electron chi connectivity index (χ4n) is 5.37. The molecule has 6 aromatic carbocycles. The molecule has 204 valence electrons. The molecule has 0 radical (unpaired) electrons. The van der Waals surface area contributed by atoms with Crippen LogP contribution >= 0.6 is 0 Å². The molecule has 1 aromatic heterocycles. The normalized spacial score (nSPS) is 11.0. The average molecular weight is 555 g/mol. The molecule has 0 atom stereocenters. The van der Waals surface area contributed by atoms with Crippen LogP contribution in [0.1, 0.15) is 0 Å². The maximum absolute atomic E-state index is 9.68. The summed E-state index contributed by atoms with van der Waals surface area (Å²) >= 11 is 0. The second-order valence-corrected chi connectivity index (χ2v) is 10.4. The van der Waals surface area contributed by atoms with Gasteiger partial charge in [-0.15, -0.1) is 0 Å². The molecule has 0 bridgehead atoms. The Balaban J connectivity index is 1.36. The zero-order valence-corrected chi connectivity index (χ0v) is 23.2. The standard InChI is InChI=1S/C37H26BN3O2/c42-38(43)32-19-8-15-28(24-32)27-14-6-17-30(22-27)36-39-35(26-11-2-1-3-12-26)40-37(41-36)31-18-7-16-29(23-31)34-21-9-13-25-10-4-5-20-33(25)34/h1-24,42-43H. The fourth-order valence-corrected chi connectivity index (χ4v) is 5.37.